The van der Waals surface area contributed by atoms with Crippen molar-refractivity contribution in [1.82, 2.24) is 5.32 Å². The molecule has 0 heterocycles. The van der Waals surface area contributed by atoms with E-state index in [-0.39, 0.29) is 30.0 Å². The molecule has 1 unspecified atom stereocenters. The predicted molar refractivity (Wildman–Crippen MR) is 122 cm³/mol. The Balaban J connectivity index is 0.00000544. The molecular weight excluding hydrogens is 430 g/mol. The summed E-state index contributed by atoms with van der Waals surface area (Å²) in [7, 11) is 0. The van der Waals surface area contributed by atoms with E-state index < -0.39 is 17.9 Å². The molecule has 33 heavy (non-hydrogen) atoms. The van der Waals surface area contributed by atoms with Crippen molar-refractivity contribution in [2.45, 2.75) is 64.9 Å². The van der Waals surface area contributed by atoms with Gasteiger partial charge in [-0.2, -0.15) is 0 Å². The van der Waals surface area contributed by atoms with Gasteiger partial charge in [-0.05, 0) is 62.9 Å². The van der Waals surface area contributed by atoms with Crippen LogP contribution in [-0.2, 0) is 30.3 Å². The zero-order valence-electron chi connectivity index (χ0n) is 19.6. The minimum Gasteiger partial charge on any atom is -0.494 e. The van der Waals surface area contributed by atoms with Gasteiger partial charge in [-0.15, -0.1) is 0 Å². The second-order valence-corrected chi connectivity index (χ2v) is 8.74. The first-order valence-electron chi connectivity index (χ1n) is 11.3. The number of esters is 3. The van der Waals surface area contributed by atoms with Gasteiger partial charge < -0.3 is 30.1 Å². The maximum absolute atomic E-state index is 12.0. The number of aliphatic hydroxyl groups is 1. The molecule has 0 radical (unpaired) electrons. The molecule has 0 aromatic heterocycles. The molecule has 0 aliphatic heterocycles. The fourth-order valence-electron chi connectivity index (χ4n) is 3.63. The number of aliphatic hydroxyl groups excluding tert-OH is 1. The second-order valence-electron chi connectivity index (χ2n) is 8.74. The van der Waals surface area contributed by atoms with Crippen LogP contribution in [0.1, 0.15) is 57.9 Å². The van der Waals surface area contributed by atoms with E-state index in [1.807, 2.05) is 13.8 Å². The van der Waals surface area contributed by atoms with Gasteiger partial charge in [0.05, 0.1) is 13.0 Å². The summed E-state index contributed by atoms with van der Waals surface area (Å²) in [5, 5.41) is 11.9. The first-order valence-corrected chi connectivity index (χ1v) is 11.3. The Kier molecular flexibility index (Phi) is 12.6. The normalized spacial score (nSPS) is 16.9. The Hall–Kier alpha value is -2.49. The molecule has 1 saturated carbocycles. The Morgan fingerprint density at radius 1 is 1.06 bits per heavy atom. The van der Waals surface area contributed by atoms with E-state index in [0.29, 0.717) is 24.3 Å². The molecular formula is C24H37NO8. The fourth-order valence-corrected chi connectivity index (χ4v) is 3.63. The van der Waals surface area contributed by atoms with Gasteiger partial charge in [0.15, 0.2) is 0 Å². The van der Waals surface area contributed by atoms with Crippen LogP contribution in [0.4, 0.5) is 0 Å². The van der Waals surface area contributed by atoms with Crippen LogP contribution >= 0.6 is 0 Å². The Labute approximate surface area is 195 Å². The highest BCUT2D eigenvalue weighted by atomic mass is 16.6. The van der Waals surface area contributed by atoms with Gasteiger partial charge in [-0.3, -0.25) is 4.79 Å². The van der Waals surface area contributed by atoms with Crippen LogP contribution in [0.15, 0.2) is 24.3 Å². The largest absolute Gasteiger partial charge is 0.494 e. The molecule has 1 aliphatic carbocycles. The van der Waals surface area contributed by atoms with Crippen LogP contribution in [0.3, 0.4) is 0 Å². The van der Waals surface area contributed by atoms with Crippen molar-refractivity contribution in [1.29, 1.82) is 0 Å². The lowest BCUT2D eigenvalue weighted by Gasteiger charge is -2.37. The smallest absolute Gasteiger partial charge is 0.425 e. The van der Waals surface area contributed by atoms with Crippen molar-refractivity contribution in [2.24, 2.45) is 5.41 Å². The molecule has 1 aromatic rings. The fraction of sp³-hybridized carbons (Fsp3) is 0.625. The standard InChI is InChI=1S/C24H35NO7.H2O/c1-24(2)12-4-3-7-20(24)31-22(28)23(29)32-21(27)17-18-8-10-19(11-9-18)30-16-6-14-25-13-5-15-26;/h8-11,20,25-26H,3-7,12-17H2,1-2H3;1H2. The van der Waals surface area contributed by atoms with Crippen molar-refractivity contribution in [3.05, 3.63) is 29.8 Å². The summed E-state index contributed by atoms with van der Waals surface area (Å²) in [6, 6.07) is 6.90. The molecule has 0 saturated heterocycles. The summed E-state index contributed by atoms with van der Waals surface area (Å²) in [4.78, 5) is 36.1. The van der Waals surface area contributed by atoms with Gasteiger partial charge in [0.1, 0.15) is 11.9 Å². The quantitative estimate of drug-likeness (QED) is 0.217. The summed E-state index contributed by atoms with van der Waals surface area (Å²) >= 11 is 0. The van der Waals surface area contributed by atoms with E-state index in [4.69, 9.17) is 14.6 Å². The van der Waals surface area contributed by atoms with E-state index in [1.54, 1.807) is 24.3 Å². The van der Waals surface area contributed by atoms with Crippen LogP contribution < -0.4 is 10.1 Å². The summed E-state index contributed by atoms with van der Waals surface area (Å²) in [6.45, 7) is 6.31. The minimum atomic E-state index is -1.27. The third kappa shape index (κ3) is 10.3. The molecule has 186 valence electrons. The highest BCUT2D eigenvalue weighted by Crippen LogP contribution is 2.37. The Bertz CT molecular complexity index is 747. The lowest BCUT2D eigenvalue weighted by atomic mass is 9.75. The Morgan fingerprint density at radius 3 is 2.42 bits per heavy atom. The molecule has 4 N–H and O–H groups in total. The van der Waals surface area contributed by atoms with Crippen molar-refractivity contribution in [3.63, 3.8) is 0 Å². The molecule has 1 atom stereocenters. The summed E-state index contributed by atoms with van der Waals surface area (Å²) in [5.74, 6) is -2.53. The second kappa shape index (κ2) is 14.6. The number of hydrogen-bond donors (Lipinski definition) is 2. The number of ether oxygens (including phenoxy) is 3. The van der Waals surface area contributed by atoms with Crippen LogP contribution in [-0.4, -0.2) is 60.9 Å². The zero-order valence-corrected chi connectivity index (χ0v) is 19.6. The lowest BCUT2D eigenvalue weighted by molar-refractivity contribution is -0.179. The molecule has 1 aliphatic rings. The molecule has 0 amide bonds. The van der Waals surface area contributed by atoms with E-state index in [1.165, 1.54) is 0 Å². The van der Waals surface area contributed by atoms with Gasteiger partial charge in [-0.25, -0.2) is 9.59 Å². The number of rotatable bonds is 11. The average Bonchev–Trinajstić information content (AvgIpc) is 2.75. The third-order valence-electron chi connectivity index (χ3n) is 5.58. The summed E-state index contributed by atoms with van der Waals surface area (Å²) in [6.07, 6.45) is 4.70. The van der Waals surface area contributed by atoms with E-state index in [9.17, 15) is 14.4 Å². The zero-order chi connectivity index (χ0) is 23.4. The molecule has 0 spiro atoms. The molecule has 9 heteroatoms. The van der Waals surface area contributed by atoms with Crippen LogP contribution in [0.5, 0.6) is 5.75 Å². The number of carbonyl (C=O) groups excluding carboxylic acids is 3. The number of nitrogens with one attached hydrogen (secondary N) is 1. The molecule has 1 aromatic carbocycles. The van der Waals surface area contributed by atoms with E-state index >= 15 is 0 Å². The molecule has 9 nitrogen and oxygen atoms in total. The van der Waals surface area contributed by atoms with Gasteiger partial charge in [0, 0.05) is 12.0 Å². The van der Waals surface area contributed by atoms with Gasteiger partial charge >= 0.3 is 17.9 Å². The lowest BCUT2D eigenvalue weighted by Crippen LogP contribution is -2.39. The van der Waals surface area contributed by atoms with Crippen LogP contribution in [0, 0.1) is 5.41 Å². The number of benzene rings is 1. The monoisotopic (exact) mass is 467 g/mol. The molecule has 2 rings (SSSR count). The van der Waals surface area contributed by atoms with Crippen molar-refractivity contribution >= 4 is 17.9 Å². The SMILES string of the molecule is CC1(C)CCCCC1OC(=O)C(=O)OC(=O)Cc1ccc(OCCCNCCCO)cc1.O. The minimum absolute atomic E-state index is 0. The van der Waals surface area contributed by atoms with Crippen LogP contribution in [0.25, 0.3) is 0 Å². The maximum atomic E-state index is 12.0. The topological polar surface area (TPSA) is 143 Å². The van der Waals surface area contributed by atoms with Gasteiger partial charge in [0.25, 0.3) is 0 Å². The first kappa shape index (κ1) is 28.5. The van der Waals surface area contributed by atoms with Gasteiger partial charge in [0.2, 0.25) is 0 Å². The first-order chi connectivity index (χ1) is 15.3. The summed E-state index contributed by atoms with van der Waals surface area (Å²) < 4.78 is 15.6. The maximum Gasteiger partial charge on any atom is 0.425 e. The van der Waals surface area contributed by atoms with Crippen molar-refractivity contribution < 1.29 is 39.2 Å². The van der Waals surface area contributed by atoms with Crippen molar-refractivity contribution in [3.8, 4) is 5.75 Å². The van der Waals surface area contributed by atoms with Gasteiger partial charge in [-0.1, -0.05) is 32.4 Å². The van der Waals surface area contributed by atoms with E-state index in [2.05, 4.69) is 10.1 Å². The summed E-state index contributed by atoms with van der Waals surface area (Å²) in [5.41, 5.74) is 0.445. The third-order valence-corrected chi connectivity index (χ3v) is 5.58. The Morgan fingerprint density at radius 2 is 1.76 bits per heavy atom. The molecule has 0 bridgehead atoms. The van der Waals surface area contributed by atoms with Crippen LogP contribution in [0.2, 0.25) is 0 Å². The predicted octanol–water partition coefficient (Wildman–Crippen LogP) is 1.73. The van der Waals surface area contributed by atoms with Crippen molar-refractivity contribution in [2.75, 3.05) is 26.3 Å². The highest BCUT2D eigenvalue weighted by molar-refractivity contribution is 6.31. The average molecular weight is 468 g/mol. The van der Waals surface area contributed by atoms with E-state index in [0.717, 1.165) is 45.2 Å². The molecule has 1 fully saturated rings. The highest BCUT2D eigenvalue weighted by Gasteiger charge is 2.37. The number of hydrogen-bond acceptors (Lipinski definition) is 8. The number of carbonyl (C=O) groups is 3.